The summed E-state index contributed by atoms with van der Waals surface area (Å²) in [5.41, 5.74) is -1.61. The Bertz CT molecular complexity index is 962. The number of carbonyl (C=O) groups is 1. The zero-order valence-electron chi connectivity index (χ0n) is 14.1. The van der Waals surface area contributed by atoms with Gasteiger partial charge in [0.25, 0.3) is 21.6 Å². The third kappa shape index (κ3) is 4.64. The molecule has 0 aliphatic rings. The van der Waals surface area contributed by atoms with E-state index in [0.717, 1.165) is 30.3 Å². The van der Waals surface area contributed by atoms with E-state index < -0.39 is 54.4 Å². The van der Waals surface area contributed by atoms with Crippen molar-refractivity contribution in [2.45, 2.75) is 31.4 Å². The minimum absolute atomic E-state index is 0.398. The van der Waals surface area contributed by atoms with Crippen molar-refractivity contribution in [1.29, 1.82) is 0 Å². The van der Waals surface area contributed by atoms with Crippen LogP contribution in [0.5, 0.6) is 0 Å². The monoisotopic (exact) mass is 385 g/mol. The van der Waals surface area contributed by atoms with E-state index >= 15 is 0 Å². The van der Waals surface area contributed by atoms with Crippen molar-refractivity contribution in [2.24, 2.45) is 0 Å². The fourth-order valence-corrected chi connectivity index (χ4v) is 3.30. The standard InChI is InChI=1S/C15H16FN3O6S/c1-15(2,3)18-26(23,24)13-7-6-12(25-13)14(20)17-11-8-9(19(21)22)4-5-10(11)16/h4-8,18H,1-3H3,(H,17,20). The SMILES string of the molecule is CC(C)(C)NS(=O)(=O)c1ccc(C(=O)Nc2cc([N+](=O)[O-])ccc2F)o1. The number of nitro benzene ring substituents is 1. The molecule has 0 unspecified atom stereocenters. The largest absolute Gasteiger partial charge is 0.438 e. The van der Waals surface area contributed by atoms with Crippen molar-refractivity contribution in [3.8, 4) is 0 Å². The van der Waals surface area contributed by atoms with Crippen LogP contribution in [0.4, 0.5) is 15.8 Å². The number of nitrogens with zero attached hydrogens (tertiary/aromatic N) is 1. The van der Waals surface area contributed by atoms with Crippen LogP contribution < -0.4 is 10.0 Å². The molecule has 0 bridgehead atoms. The summed E-state index contributed by atoms with van der Waals surface area (Å²) in [5.74, 6) is -2.25. The average molecular weight is 385 g/mol. The number of benzene rings is 1. The van der Waals surface area contributed by atoms with E-state index in [0.29, 0.717) is 0 Å². The van der Waals surface area contributed by atoms with Crippen LogP contribution in [0.15, 0.2) is 39.8 Å². The highest BCUT2D eigenvalue weighted by atomic mass is 32.2. The molecule has 0 saturated carbocycles. The van der Waals surface area contributed by atoms with Gasteiger partial charge in [-0.15, -0.1) is 0 Å². The van der Waals surface area contributed by atoms with Gasteiger partial charge in [-0.25, -0.2) is 17.5 Å². The molecule has 0 spiro atoms. The molecule has 0 aliphatic carbocycles. The number of hydrogen-bond acceptors (Lipinski definition) is 6. The predicted molar refractivity (Wildman–Crippen MR) is 89.8 cm³/mol. The molecule has 1 aromatic heterocycles. The quantitative estimate of drug-likeness (QED) is 0.601. The van der Waals surface area contributed by atoms with Gasteiger partial charge in [0, 0.05) is 17.7 Å². The van der Waals surface area contributed by atoms with E-state index in [-0.39, 0.29) is 0 Å². The first-order valence-electron chi connectivity index (χ1n) is 7.28. The van der Waals surface area contributed by atoms with Gasteiger partial charge in [-0.2, -0.15) is 0 Å². The van der Waals surface area contributed by atoms with E-state index in [4.69, 9.17) is 4.42 Å². The van der Waals surface area contributed by atoms with Gasteiger partial charge >= 0.3 is 0 Å². The molecule has 9 nitrogen and oxygen atoms in total. The molecule has 0 atom stereocenters. The van der Waals surface area contributed by atoms with Gasteiger partial charge in [0.05, 0.1) is 10.6 Å². The van der Waals surface area contributed by atoms with Gasteiger partial charge in [-0.1, -0.05) is 0 Å². The molecule has 0 fully saturated rings. The molecule has 2 rings (SSSR count). The Kier molecular flexibility index (Phi) is 5.14. The summed E-state index contributed by atoms with van der Waals surface area (Å²) in [4.78, 5) is 22.1. The Morgan fingerprint density at radius 2 is 1.88 bits per heavy atom. The second-order valence-electron chi connectivity index (χ2n) is 6.35. The number of sulfonamides is 1. The van der Waals surface area contributed by atoms with Crippen LogP contribution in [-0.4, -0.2) is 24.8 Å². The number of hydrogen-bond donors (Lipinski definition) is 2. The molecule has 11 heteroatoms. The van der Waals surface area contributed by atoms with Crippen LogP contribution in [0.1, 0.15) is 31.3 Å². The highest BCUT2D eigenvalue weighted by molar-refractivity contribution is 7.89. The van der Waals surface area contributed by atoms with Crippen LogP contribution in [0.2, 0.25) is 0 Å². The van der Waals surface area contributed by atoms with Crippen molar-refractivity contribution in [3.05, 3.63) is 52.0 Å². The fraction of sp³-hybridized carbons (Fsp3) is 0.267. The van der Waals surface area contributed by atoms with Crippen molar-refractivity contribution >= 4 is 27.3 Å². The van der Waals surface area contributed by atoms with Gasteiger partial charge in [-0.3, -0.25) is 14.9 Å². The zero-order chi connectivity index (χ0) is 19.7. The molecule has 1 heterocycles. The van der Waals surface area contributed by atoms with E-state index in [1.54, 1.807) is 20.8 Å². The van der Waals surface area contributed by atoms with Crippen LogP contribution in [-0.2, 0) is 10.0 Å². The van der Waals surface area contributed by atoms with Crippen molar-refractivity contribution in [2.75, 3.05) is 5.32 Å². The smallest absolute Gasteiger partial charge is 0.291 e. The minimum Gasteiger partial charge on any atom is -0.438 e. The first-order valence-corrected chi connectivity index (χ1v) is 8.76. The second-order valence-corrected chi connectivity index (χ2v) is 7.96. The summed E-state index contributed by atoms with van der Waals surface area (Å²) in [6, 6.07) is 4.79. The topological polar surface area (TPSA) is 132 Å². The normalized spacial score (nSPS) is 12.0. The number of nitrogens with one attached hydrogen (secondary N) is 2. The fourth-order valence-electron chi connectivity index (χ4n) is 1.95. The molecule has 0 saturated heterocycles. The van der Waals surface area contributed by atoms with Gasteiger partial charge < -0.3 is 9.73 Å². The average Bonchev–Trinajstić information content (AvgIpc) is 2.97. The number of halogens is 1. The lowest BCUT2D eigenvalue weighted by Crippen LogP contribution is -2.40. The summed E-state index contributed by atoms with van der Waals surface area (Å²) in [6.45, 7) is 4.89. The van der Waals surface area contributed by atoms with Crippen molar-refractivity contribution in [1.82, 2.24) is 4.72 Å². The van der Waals surface area contributed by atoms with Gasteiger partial charge in [0.2, 0.25) is 5.09 Å². The maximum absolute atomic E-state index is 13.7. The third-order valence-electron chi connectivity index (χ3n) is 2.92. The summed E-state index contributed by atoms with van der Waals surface area (Å²) in [7, 11) is -3.99. The Morgan fingerprint density at radius 3 is 2.46 bits per heavy atom. The first kappa shape index (κ1) is 19.5. The zero-order valence-corrected chi connectivity index (χ0v) is 14.9. The summed E-state index contributed by atoms with van der Waals surface area (Å²) in [5, 5.41) is 12.3. The molecule has 2 aromatic rings. The van der Waals surface area contributed by atoms with E-state index in [1.165, 1.54) is 0 Å². The molecular weight excluding hydrogens is 369 g/mol. The number of anilines is 1. The Labute approximate surface area is 148 Å². The van der Waals surface area contributed by atoms with Gasteiger partial charge in [-0.05, 0) is 39.0 Å². The maximum Gasteiger partial charge on any atom is 0.291 e. The van der Waals surface area contributed by atoms with E-state index in [9.17, 15) is 27.7 Å². The Hall–Kier alpha value is -2.79. The Balaban J connectivity index is 2.24. The number of carbonyl (C=O) groups excluding carboxylic acids is 1. The summed E-state index contributed by atoms with van der Waals surface area (Å²) in [6.07, 6.45) is 0. The minimum atomic E-state index is -3.99. The lowest BCUT2D eigenvalue weighted by atomic mass is 10.1. The molecule has 0 radical (unpaired) electrons. The molecule has 26 heavy (non-hydrogen) atoms. The number of amides is 1. The van der Waals surface area contributed by atoms with Crippen LogP contribution in [0, 0.1) is 15.9 Å². The lowest BCUT2D eigenvalue weighted by Gasteiger charge is -2.18. The molecule has 1 amide bonds. The van der Waals surface area contributed by atoms with E-state index in [2.05, 4.69) is 10.0 Å². The van der Waals surface area contributed by atoms with Gasteiger partial charge in [0.15, 0.2) is 5.76 Å². The molecular formula is C15H16FN3O6S. The second kappa shape index (κ2) is 6.84. The molecule has 140 valence electrons. The Morgan fingerprint density at radius 1 is 1.23 bits per heavy atom. The summed E-state index contributed by atoms with van der Waals surface area (Å²) < 4.78 is 45.4. The highest BCUT2D eigenvalue weighted by Gasteiger charge is 2.26. The van der Waals surface area contributed by atoms with Crippen LogP contribution in [0.25, 0.3) is 0 Å². The predicted octanol–water partition coefficient (Wildman–Crippen LogP) is 2.66. The van der Waals surface area contributed by atoms with Crippen molar-refractivity contribution in [3.63, 3.8) is 0 Å². The molecule has 0 aliphatic heterocycles. The lowest BCUT2D eigenvalue weighted by molar-refractivity contribution is -0.384. The number of nitro groups is 1. The van der Waals surface area contributed by atoms with E-state index in [1.807, 2.05) is 0 Å². The summed E-state index contributed by atoms with van der Waals surface area (Å²) >= 11 is 0. The maximum atomic E-state index is 13.7. The first-order chi connectivity index (χ1) is 11.9. The number of furan rings is 1. The molecule has 1 aromatic carbocycles. The molecule has 2 N–H and O–H groups in total. The van der Waals surface area contributed by atoms with Crippen LogP contribution >= 0.6 is 0 Å². The number of non-ortho nitro benzene ring substituents is 1. The van der Waals surface area contributed by atoms with Crippen LogP contribution in [0.3, 0.4) is 0 Å². The van der Waals surface area contributed by atoms with Crippen molar-refractivity contribution < 1.29 is 26.9 Å². The highest BCUT2D eigenvalue weighted by Crippen LogP contribution is 2.23. The number of rotatable bonds is 5. The third-order valence-corrected chi connectivity index (χ3v) is 4.55. The van der Waals surface area contributed by atoms with Gasteiger partial charge in [0.1, 0.15) is 5.82 Å².